The van der Waals surface area contributed by atoms with Crippen LogP contribution < -0.4 is 10.2 Å². The fourth-order valence-corrected chi connectivity index (χ4v) is 3.47. The predicted molar refractivity (Wildman–Crippen MR) is 122 cm³/mol. The Labute approximate surface area is 182 Å². The zero-order valence-corrected chi connectivity index (χ0v) is 18.0. The molecule has 0 aliphatic heterocycles. The van der Waals surface area contributed by atoms with Crippen LogP contribution in [0.2, 0.25) is 0 Å². The summed E-state index contributed by atoms with van der Waals surface area (Å²) in [4.78, 5) is 12.6. The van der Waals surface area contributed by atoms with Gasteiger partial charge in [0, 0.05) is 4.47 Å². The van der Waals surface area contributed by atoms with Crippen LogP contribution >= 0.6 is 15.9 Å². The van der Waals surface area contributed by atoms with Crippen molar-refractivity contribution >= 4 is 38.3 Å². The Morgan fingerprint density at radius 1 is 1.10 bits per heavy atom. The molecule has 1 amide bonds. The van der Waals surface area contributed by atoms with Crippen LogP contribution in [0.15, 0.2) is 76.3 Å². The highest BCUT2D eigenvalue weighted by molar-refractivity contribution is 9.10. The van der Waals surface area contributed by atoms with Crippen LogP contribution in [0.3, 0.4) is 0 Å². The van der Waals surface area contributed by atoms with E-state index in [1.165, 1.54) is 0 Å². The van der Waals surface area contributed by atoms with Gasteiger partial charge < -0.3 is 4.74 Å². The minimum Gasteiger partial charge on any atom is -0.496 e. The van der Waals surface area contributed by atoms with E-state index in [1.807, 2.05) is 67.6 Å². The molecular weight excluding hydrogens is 444 g/mol. The lowest BCUT2D eigenvalue weighted by Crippen LogP contribution is -2.19. The maximum absolute atomic E-state index is 12.6. The van der Waals surface area contributed by atoms with E-state index < -0.39 is 0 Å². The van der Waals surface area contributed by atoms with Gasteiger partial charge in [-0.15, -0.1) is 0 Å². The molecule has 30 heavy (non-hydrogen) atoms. The van der Waals surface area contributed by atoms with Crippen molar-refractivity contribution in [3.8, 4) is 17.0 Å². The Kier molecular flexibility index (Phi) is 5.63. The summed E-state index contributed by atoms with van der Waals surface area (Å²) in [6, 6.07) is 21.3. The summed E-state index contributed by atoms with van der Waals surface area (Å²) in [6.07, 6.45) is 0. The summed E-state index contributed by atoms with van der Waals surface area (Å²) >= 11 is 3.40. The molecule has 0 aliphatic rings. The van der Waals surface area contributed by atoms with Crippen molar-refractivity contribution in [2.24, 2.45) is 5.10 Å². The number of fused-ring (bicyclic) bond motifs is 1. The van der Waals surface area contributed by atoms with Crippen LogP contribution in [0, 0.1) is 0 Å². The fourth-order valence-electron chi connectivity index (χ4n) is 3.20. The Balaban J connectivity index is 1.60. The number of hydrogen-bond acceptors (Lipinski definition) is 4. The number of benzene rings is 3. The standard InChI is InChI=1S/C23H19BrN4O2/c1-14(15-7-10-17(24)11-8-15)25-28-23(29)20-13-19(26-27-20)22-18-6-4-3-5-16(18)9-12-21(22)30-2/h3-13H,1-2H3,(H,26,27)(H,28,29)/b25-14+. The second-order valence-electron chi connectivity index (χ2n) is 6.68. The summed E-state index contributed by atoms with van der Waals surface area (Å²) in [5, 5.41) is 13.4. The summed E-state index contributed by atoms with van der Waals surface area (Å²) < 4.78 is 6.52. The fraction of sp³-hybridized carbons (Fsp3) is 0.0870. The second-order valence-corrected chi connectivity index (χ2v) is 7.59. The first-order valence-corrected chi connectivity index (χ1v) is 10.1. The van der Waals surface area contributed by atoms with E-state index in [0.29, 0.717) is 22.8 Å². The van der Waals surface area contributed by atoms with E-state index in [-0.39, 0.29) is 5.91 Å². The Bertz CT molecular complexity index is 1250. The number of aromatic nitrogens is 2. The number of carbonyl (C=O) groups is 1. The first-order chi connectivity index (χ1) is 14.6. The van der Waals surface area contributed by atoms with Crippen molar-refractivity contribution in [2.45, 2.75) is 6.92 Å². The van der Waals surface area contributed by atoms with Crippen LogP contribution in [0.4, 0.5) is 0 Å². The van der Waals surface area contributed by atoms with Gasteiger partial charge in [0.2, 0.25) is 0 Å². The SMILES string of the molecule is COc1ccc2ccccc2c1-c1cc(C(=O)N/N=C(\C)c2ccc(Br)cc2)[nH]n1. The summed E-state index contributed by atoms with van der Waals surface area (Å²) in [5.74, 6) is 0.320. The zero-order chi connectivity index (χ0) is 21.1. The molecule has 4 aromatic rings. The van der Waals surface area contributed by atoms with Crippen LogP contribution in [0.1, 0.15) is 23.0 Å². The van der Waals surface area contributed by atoms with E-state index in [0.717, 1.165) is 26.4 Å². The van der Waals surface area contributed by atoms with E-state index in [4.69, 9.17) is 4.74 Å². The van der Waals surface area contributed by atoms with Gasteiger partial charge in [0.25, 0.3) is 5.91 Å². The molecule has 150 valence electrons. The quantitative estimate of drug-likeness (QED) is 0.317. The van der Waals surface area contributed by atoms with Gasteiger partial charge in [0.05, 0.1) is 24.1 Å². The van der Waals surface area contributed by atoms with E-state index >= 15 is 0 Å². The van der Waals surface area contributed by atoms with Gasteiger partial charge in [0.1, 0.15) is 11.4 Å². The first kappa shape index (κ1) is 19.8. The third-order valence-corrected chi connectivity index (χ3v) is 5.31. The number of hydrogen-bond donors (Lipinski definition) is 2. The van der Waals surface area contributed by atoms with Crippen LogP contribution in [-0.4, -0.2) is 28.9 Å². The summed E-state index contributed by atoms with van der Waals surface area (Å²) in [6.45, 7) is 1.84. The Hall–Kier alpha value is -3.45. The topological polar surface area (TPSA) is 79.4 Å². The number of amides is 1. The van der Waals surface area contributed by atoms with Gasteiger partial charge in [-0.2, -0.15) is 10.2 Å². The first-order valence-electron chi connectivity index (χ1n) is 9.29. The lowest BCUT2D eigenvalue weighted by atomic mass is 10.0. The highest BCUT2D eigenvalue weighted by atomic mass is 79.9. The lowest BCUT2D eigenvalue weighted by molar-refractivity contribution is 0.0950. The van der Waals surface area contributed by atoms with E-state index in [9.17, 15) is 4.79 Å². The largest absolute Gasteiger partial charge is 0.496 e. The second kappa shape index (κ2) is 8.51. The average Bonchev–Trinajstić information content (AvgIpc) is 3.26. The van der Waals surface area contributed by atoms with Gasteiger partial charge >= 0.3 is 0 Å². The van der Waals surface area contributed by atoms with Crippen LogP contribution in [0.25, 0.3) is 22.0 Å². The number of ether oxygens (including phenoxy) is 1. The van der Waals surface area contributed by atoms with Crippen molar-refractivity contribution in [2.75, 3.05) is 7.11 Å². The normalized spacial score (nSPS) is 11.5. The molecule has 6 nitrogen and oxygen atoms in total. The molecule has 0 fully saturated rings. The number of nitrogens with one attached hydrogen (secondary N) is 2. The molecule has 0 unspecified atom stereocenters. The highest BCUT2D eigenvalue weighted by Gasteiger charge is 2.16. The number of halogens is 1. The van der Waals surface area contributed by atoms with Crippen molar-refractivity contribution in [1.29, 1.82) is 0 Å². The third-order valence-electron chi connectivity index (χ3n) is 4.78. The van der Waals surface area contributed by atoms with Gasteiger partial charge in [-0.05, 0) is 47.5 Å². The van der Waals surface area contributed by atoms with Gasteiger partial charge in [0.15, 0.2) is 0 Å². The molecule has 0 spiro atoms. The number of carbonyl (C=O) groups excluding carboxylic acids is 1. The molecule has 0 saturated heterocycles. The molecule has 0 bridgehead atoms. The highest BCUT2D eigenvalue weighted by Crippen LogP contribution is 2.36. The van der Waals surface area contributed by atoms with Crippen molar-refractivity contribution in [3.63, 3.8) is 0 Å². The molecule has 0 saturated carbocycles. The third kappa shape index (κ3) is 3.97. The molecule has 7 heteroatoms. The van der Waals surface area contributed by atoms with Gasteiger partial charge in [-0.1, -0.05) is 58.4 Å². The average molecular weight is 463 g/mol. The molecule has 0 atom stereocenters. The number of hydrazone groups is 1. The number of methoxy groups -OCH3 is 1. The molecule has 2 N–H and O–H groups in total. The predicted octanol–water partition coefficient (Wildman–Crippen LogP) is 5.16. The monoisotopic (exact) mass is 462 g/mol. The van der Waals surface area contributed by atoms with E-state index in [1.54, 1.807) is 13.2 Å². The minimum absolute atomic E-state index is 0.312. The molecule has 0 aliphatic carbocycles. The van der Waals surface area contributed by atoms with Crippen molar-refractivity contribution in [3.05, 3.63) is 82.5 Å². The molecule has 4 rings (SSSR count). The molecule has 1 heterocycles. The van der Waals surface area contributed by atoms with Crippen LogP contribution in [0.5, 0.6) is 5.75 Å². The molecule has 1 aromatic heterocycles. The Morgan fingerprint density at radius 3 is 2.63 bits per heavy atom. The molecular formula is C23H19BrN4O2. The number of H-pyrrole nitrogens is 1. The number of nitrogens with zero attached hydrogens (tertiary/aromatic N) is 2. The zero-order valence-electron chi connectivity index (χ0n) is 16.4. The smallest absolute Gasteiger partial charge is 0.289 e. The van der Waals surface area contributed by atoms with Crippen molar-refractivity contribution in [1.82, 2.24) is 15.6 Å². The Morgan fingerprint density at radius 2 is 1.87 bits per heavy atom. The maximum atomic E-state index is 12.6. The van der Waals surface area contributed by atoms with Gasteiger partial charge in [-0.3, -0.25) is 9.89 Å². The lowest BCUT2D eigenvalue weighted by Gasteiger charge is -2.09. The number of rotatable bonds is 5. The number of aromatic amines is 1. The molecule has 0 radical (unpaired) electrons. The minimum atomic E-state index is -0.371. The van der Waals surface area contributed by atoms with Crippen molar-refractivity contribution < 1.29 is 9.53 Å². The summed E-state index contributed by atoms with van der Waals surface area (Å²) in [7, 11) is 1.62. The van der Waals surface area contributed by atoms with Gasteiger partial charge in [-0.25, -0.2) is 5.43 Å². The molecule has 3 aromatic carbocycles. The summed E-state index contributed by atoms with van der Waals surface area (Å²) in [5.41, 5.74) is 5.97. The van der Waals surface area contributed by atoms with Crippen LogP contribution in [-0.2, 0) is 0 Å². The van der Waals surface area contributed by atoms with E-state index in [2.05, 4.69) is 36.7 Å². The maximum Gasteiger partial charge on any atom is 0.289 e.